The monoisotopic (exact) mass is 426 g/mol. The van der Waals surface area contributed by atoms with Crippen LogP contribution in [-0.2, 0) is 6.54 Å². The highest BCUT2D eigenvalue weighted by Gasteiger charge is 2.23. The number of hydrogen-bond acceptors (Lipinski definition) is 6. The Labute approximate surface area is 176 Å². The number of rotatable bonds is 5. The van der Waals surface area contributed by atoms with Gasteiger partial charge >= 0.3 is 6.55 Å². The van der Waals surface area contributed by atoms with E-state index in [4.69, 9.17) is 9.97 Å². The van der Waals surface area contributed by atoms with E-state index in [0.717, 1.165) is 58.9 Å². The molecule has 0 unspecified atom stereocenters. The molecule has 0 N–H and O–H groups in total. The first-order chi connectivity index (χ1) is 14.7. The van der Waals surface area contributed by atoms with Crippen LogP contribution in [0.4, 0.5) is 14.6 Å². The van der Waals surface area contributed by atoms with Crippen LogP contribution in [0.25, 0.3) is 22.3 Å². The van der Waals surface area contributed by atoms with Gasteiger partial charge in [0.05, 0.1) is 12.1 Å². The van der Waals surface area contributed by atoms with E-state index in [1.165, 1.54) is 12.4 Å². The highest BCUT2D eigenvalue weighted by molar-refractivity contribution is 7.08. The molecular formula is C21H20F2N6S. The standard InChI is InChI=1S/C21H20F2N6S/c22-21(23)29-7-6-24-18(29)13-27-8-10-28(11-9-27)20-16-3-1-2-4-17(16)25-19(26-20)15-5-12-30-14-15/h1-7,12,14,21H,8-11,13H2. The number of thiophene rings is 1. The second-order valence-corrected chi connectivity index (χ2v) is 7.97. The minimum Gasteiger partial charge on any atom is -0.353 e. The summed E-state index contributed by atoms with van der Waals surface area (Å²) in [6.07, 6.45) is 2.76. The molecule has 4 heterocycles. The van der Waals surface area contributed by atoms with Gasteiger partial charge in [0.15, 0.2) is 5.82 Å². The number of benzene rings is 1. The summed E-state index contributed by atoms with van der Waals surface area (Å²) in [4.78, 5) is 18.1. The van der Waals surface area contributed by atoms with Crippen LogP contribution in [0, 0.1) is 0 Å². The quantitative estimate of drug-likeness (QED) is 0.477. The molecule has 1 fully saturated rings. The van der Waals surface area contributed by atoms with E-state index in [1.807, 2.05) is 35.7 Å². The Bertz CT molecular complexity index is 1140. The van der Waals surface area contributed by atoms with Crippen LogP contribution in [0.15, 0.2) is 53.5 Å². The minimum atomic E-state index is -2.56. The number of para-hydroxylation sites is 1. The van der Waals surface area contributed by atoms with Gasteiger partial charge in [-0.3, -0.25) is 9.47 Å². The average Bonchev–Trinajstić information content (AvgIpc) is 3.46. The molecule has 1 saturated heterocycles. The van der Waals surface area contributed by atoms with Gasteiger partial charge in [0, 0.05) is 54.9 Å². The fourth-order valence-corrected chi connectivity index (χ4v) is 4.42. The highest BCUT2D eigenvalue weighted by atomic mass is 32.1. The molecule has 0 radical (unpaired) electrons. The van der Waals surface area contributed by atoms with Crippen molar-refractivity contribution < 1.29 is 8.78 Å². The van der Waals surface area contributed by atoms with Crippen molar-refractivity contribution in [3.05, 3.63) is 59.3 Å². The molecule has 0 saturated carbocycles. The van der Waals surface area contributed by atoms with Crippen molar-refractivity contribution in [1.29, 1.82) is 0 Å². The zero-order valence-electron chi connectivity index (χ0n) is 16.2. The SMILES string of the molecule is FC(F)n1ccnc1CN1CCN(c2nc(-c3ccsc3)nc3ccccc23)CC1. The molecule has 5 rings (SSSR count). The fraction of sp³-hybridized carbons (Fsp3) is 0.286. The Balaban J connectivity index is 1.37. The normalized spacial score (nSPS) is 15.4. The van der Waals surface area contributed by atoms with Gasteiger partial charge in [-0.25, -0.2) is 15.0 Å². The molecular weight excluding hydrogens is 406 g/mol. The molecule has 0 atom stereocenters. The third kappa shape index (κ3) is 3.66. The van der Waals surface area contributed by atoms with Gasteiger partial charge in [0.25, 0.3) is 0 Å². The number of halogens is 2. The average molecular weight is 426 g/mol. The van der Waals surface area contributed by atoms with Gasteiger partial charge < -0.3 is 4.90 Å². The summed E-state index contributed by atoms with van der Waals surface area (Å²) < 4.78 is 27.1. The second-order valence-electron chi connectivity index (χ2n) is 7.19. The van der Waals surface area contributed by atoms with Crippen LogP contribution in [0.5, 0.6) is 0 Å². The molecule has 4 aromatic rings. The number of piperazine rings is 1. The maximum atomic E-state index is 13.1. The molecule has 6 nitrogen and oxygen atoms in total. The number of aromatic nitrogens is 4. The lowest BCUT2D eigenvalue weighted by atomic mass is 10.2. The zero-order valence-corrected chi connectivity index (χ0v) is 17.0. The smallest absolute Gasteiger partial charge is 0.319 e. The van der Waals surface area contributed by atoms with Crippen LogP contribution in [0.2, 0.25) is 0 Å². The molecule has 1 aliphatic rings. The van der Waals surface area contributed by atoms with E-state index in [9.17, 15) is 8.78 Å². The molecule has 30 heavy (non-hydrogen) atoms. The Morgan fingerprint density at radius 2 is 1.87 bits per heavy atom. The van der Waals surface area contributed by atoms with Gasteiger partial charge in [-0.05, 0) is 23.6 Å². The van der Waals surface area contributed by atoms with Gasteiger partial charge in [-0.15, -0.1) is 0 Å². The molecule has 1 aromatic carbocycles. The van der Waals surface area contributed by atoms with Gasteiger partial charge in [0.1, 0.15) is 11.6 Å². The van der Waals surface area contributed by atoms with Crippen molar-refractivity contribution in [3.63, 3.8) is 0 Å². The lowest BCUT2D eigenvalue weighted by molar-refractivity contribution is 0.0637. The molecule has 0 spiro atoms. The Hall–Kier alpha value is -2.91. The van der Waals surface area contributed by atoms with E-state index < -0.39 is 6.55 Å². The number of alkyl halides is 2. The summed E-state index contributed by atoms with van der Waals surface area (Å²) in [6, 6.07) is 10.1. The van der Waals surface area contributed by atoms with E-state index in [1.54, 1.807) is 11.3 Å². The highest BCUT2D eigenvalue weighted by Crippen LogP contribution is 2.29. The van der Waals surface area contributed by atoms with Crippen LogP contribution in [0.3, 0.4) is 0 Å². The predicted octanol–water partition coefficient (Wildman–Crippen LogP) is 4.27. The summed E-state index contributed by atoms with van der Waals surface area (Å²) in [5.74, 6) is 2.05. The minimum absolute atomic E-state index is 0.394. The maximum absolute atomic E-state index is 13.1. The first-order valence-corrected chi connectivity index (χ1v) is 10.7. The summed E-state index contributed by atoms with van der Waals surface area (Å²) in [7, 11) is 0. The number of fused-ring (bicyclic) bond motifs is 1. The summed E-state index contributed by atoms with van der Waals surface area (Å²) in [5, 5.41) is 5.10. The van der Waals surface area contributed by atoms with Gasteiger partial charge in [-0.1, -0.05) is 12.1 Å². The molecule has 3 aromatic heterocycles. The van der Waals surface area contributed by atoms with E-state index in [-0.39, 0.29) is 0 Å². The molecule has 154 valence electrons. The first-order valence-electron chi connectivity index (χ1n) is 9.75. The fourth-order valence-electron chi connectivity index (χ4n) is 3.78. The van der Waals surface area contributed by atoms with Crippen molar-refractivity contribution >= 4 is 28.1 Å². The van der Waals surface area contributed by atoms with Crippen LogP contribution < -0.4 is 4.90 Å². The summed E-state index contributed by atoms with van der Waals surface area (Å²) in [5.41, 5.74) is 1.94. The molecule has 0 amide bonds. The van der Waals surface area contributed by atoms with E-state index in [2.05, 4.69) is 20.2 Å². The maximum Gasteiger partial charge on any atom is 0.319 e. The lowest BCUT2D eigenvalue weighted by Gasteiger charge is -2.35. The third-order valence-electron chi connectivity index (χ3n) is 5.36. The van der Waals surface area contributed by atoms with Crippen molar-refractivity contribution in [2.75, 3.05) is 31.1 Å². The Morgan fingerprint density at radius 3 is 2.63 bits per heavy atom. The van der Waals surface area contributed by atoms with Crippen molar-refractivity contribution in [1.82, 2.24) is 24.4 Å². The lowest BCUT2D eigenvalue weighted by Crippen LogP contribution is -2.46. The predicted molar refractivity (Wildman–Crippen MR) is 114 cm³/mol. The van der Waals surface area contributed by atoms with E-state index >= 15 is 0 Å². The molecule has 0 aliphatic carbocycles. The number of anilines is 1. The molecule has 1 aliphatic heterocycles. The van der Waals surface area contributed by atoms with E-state index in [0.29, 0.717) is 12.4 Å². The van der Waals surface area contributed by atoms with Crippen LogP contribution >= 0.6 is 11.3 Å². The topological polar surface area (TPSA) is 50.1 Å². The molecule has 0 bridgehead atoms. The Morgan fingerprint density at radius 1 is 1.03 bits per heavy atom. The second kappa shape index (κ2) is 8.08. The number of nitrogens with zero attached hydrogens (tertiary/aromatic N) is 6. The van der Waals surface area contributed by atoms with Gasteiger partial charge in [-0.2, -0.15) is 20.1 Å². The number of hydrogen-bond donors (Lipinski definition) is 0. The largest absolute Gasteiger partial charge is 0.353 e. The van der Waals surface area contributed by atoms with Crippen molar-refractivity contribution in [2.45, 2.75) is 13.1 Å². The van der Waals surface area contributed by atoms with Crippen LogP contribution in [0.1, 0.15) is 12.4 Å². The van der Waals surface area contributed by atoms with Gasteiger partial charge in [0.2, 0.25) is 0 Å². The zero-order chi connectivity index (χ0) is 20.5. The van der Waals surface area contributed by atoms with Crippen molar-refractivity contribution in [3.8, 4) is 11.4 Å². The first kappa shape index (κ1) is 19.1. The Kier molecular flexibility index (Phi) is 5.14. The third-order valence-corrected chi connectivity index (χ3v) is 6.04. The summed E-state index contributed by atoms with van der Waals surface area (Å²) >= 11 is 1.62. The van der Waals surface area contributed by atoms with Crippen molar-refractivity contribution in [2.24, 2.45) is 0 Å². The van der Waals surface area contributed by atoms with Crippen LogP contribution in [-0.4, -0.2) is 50.6 Å². The molecule has 9 heteroatoms. The number of imidazole rings is 1. The summed E-state index contributed by atoms with van der Waals surface area (Å²) in [6.45, 7) is 0.880.